The van der Waals surface area contributed by atoms with E-state index >= 15 is 0 Å². The van der Waals surface area contributed by atoms with Crippen LogP contribution in [0.25, 0.3) is 0 Å². The van der Waals surface area contributed by atoms with Crippen LogP contribution in [0.1, 0.15) is 91.4 Å². The van der Waals surface area contributed by atoms with Crippen molar-refractivity contribution in [2.75, 3.05) is 6.61 Å². The van der Waals surface area contributed by atoms with Crippen LogP contribution in [0.3, 0.4) is 0 Å². The van der Waals surface area contributed by atoms with Crippen LogP contribution in [-0.4, -0.2) is 57.9 Å². The van der Waals surface area contributed by atoms with E-state index in [4.69, 9.17) is 9.47 Å². The Balaban J connectivity index is 1.15. The van der Waals surface area contributed by atoms with Crippen molar-refractivity contribution >= 4 is 5.97 Å². The number of rotatable bonds is 3. The molecule has 1 heterocycles. The average Bonchev–Trinajstić information content (AvgIpc) is 3.37. The normalized spacial score (nSPS) is 54.8. The first-order chi connectivity index (χ1) is 17.0. The molecule has 0 spiro atoms. The molecule has 6 aliphatic rings. The van der Waals surface area contributed by atoms with Crippen LogP contribution in [0.15, 0.2) is 11.6 Å². The molecule has 0 radical (unpaired) electrons. The molecule has 1 aliphatic heterocycles. The molecule has 5 aliphatic carbocycles. The highest BCUT2D eigenvalue weighted by Gasteiger charge is 2.67. The minimum Gasteiger partial charge on any atom is -0.458 e. The number of fused-ring (bicyclic) bond motifs is 5. The number of ether oxygens (including phenoxy) is 2. The summed E-state index contributed by atoms with van der Waals surface area (Å²) < 4.78 is 11.8. The summed E-state index contributed by atoms with van der Waals surface area (Å²) in [7, 11) is 0. The second kappa shape index (κ2) is 8.79. The number of carbonyl (C=O) groups is 1. The van der Waals surface area contributed by atoms with Crippen molar-refractivity contribution in [3.8, 4) is 0 Å². The zero-order valence-corrected chi connectivity index (χ0v) is 22.3. The standard InChI is InChI=1S/C30H46O6/c1-17-12-21(15-25(31)27(17)33)36-20-6-9-28(2)19(14-20)4-5-24-23(28)7-10-29(3)22(8-11-30(24,29)34)18-13-26(32)35-16-18/h13,17,19-25,27,31,33-34H,4-12,14-16H2,1-3H3/t17?,19-,20+,21?,22-,23+,24-,25?,27?,28+,29-,30+/m1/s1. The van der Waals surface area contributed by atoms with Gasteiger partial charge in [0, 0.05) is 17.9 Å². The van der Waals surface area contributed by atoms with Gasteiger partial charge in [0.1, 0.15) is 6.61 Å². The fourth-order valence-electron chi connectivity index (χ4n) is 10.3. The van der Waals surface area contributed by atoms with Crippen LogP contribution in [0.5, 0.6) is 0 Å². The molecule has 0 bridgehead atoms. The Hall–Kier alpha value is -0.950. The van der Waals surface area contributed by atoms with Crippen LogP contribution >= 0.6 is 0 Å². The Morgan fingerprint density at radius 2 is 1.75 bits per heavy atom. The predicted octanol–water partition coefficient (Wildman–Crippen LogP) is 4.15. The molecule has 0 amide bonds. The summed E-state index contributed by atoms with van der Waals surface area (Å²) in [5, 5.41) is 32.7. The van der Waals surface area contributed by atoms with Gasteiger partial charge in [0.15, 0.2) is 0 Å². The van der Waals surface area contributed by atoms with Gasteiger partial charge in [-0.15, -0.1) is 0 Å². The second-order valence-electron chi connectivity index (χ2n) is 14.0. The molecule has 5 saturated carbocycles. The van der Waals surface area contributed by atoms with Gasteiger partial charge in [-0.25, -0.2) is 4.79 Å². The van der Waals surface area contributed by atoms with Gasteiger partial charge in [0.05, 0.1) is 30.0 Å². The van der Waals surface area contributed by atoms with Crippen LogP contribution in [0, 0.1) is 40.4 Å². The lowest BCUT2D eigenvalue weighted by atomic mass is 9.43. The van der Waals surface area contributed by atoms with Crippen LogP contribution < -0.4 is 0 Å². The summed E-state index contributed by atoms with van der Waals surface area (Å²) in [4.78, 5) is 11.8. The molecule has 36 heavy (non-hydrogen) atoms. The number of carbonyl (C=O) groups excluding carboxylic acids is 1. The molecule has 6 heteroatoms. The highest BCUT2D eigenvalue weighted by molar-refractivity contribution is 5.85. The molecule has 5 fully saturated rings. The van der Waals surface area contributed by atoms with Crippen molar-refractivity contribution in [1.82, 2.24) is 0 Å². The Morgan fingerprint density at radius 1 is 0.944 bits per heavy atom. The van der Waals surface area contributed by atoms with Crippen LogP contribution in [-0.2, 0) is 14.3 Å². The van der Waals surface area contributed by atoms with Crippen molar-refractivity contribution in [1.29, 1.82) is 0 Å². The second-order valence-corrected chi connectivity index (χ2v) is 14.0. The third-order valence-corrected chi connectivity index (χ3v) is 12.4. The first kappa shape index (κ1) is 25.3. The summed E-state index contributed by atoms with van der Waals surface area (Å²) in [6.07, 6.45) is 11.5. The van der Waals surface area contributed by atoms with Gasteiger partial charge in [0.2, 0.25) is 0 Å². The lowest BCUT2D eigenvalue weighted by molar-refractivity contribution is -0.213. The van der Waals surface area contributed by atoms with E-state index in [1.54, 1.807) is 6.08 Å². The van der Waals surface area contributed by atoms with E-state index in [1.807, 2.05) is 6.92 Å². The van der Waals surface area contributed by atoms with Gasteiger partial charge < -0.3 is 24.8 Å². The third-order valence-electron chi connectivity index (χ3n) is 12.4. The summed E-state index contributed by atoms with van der Waals surface area (Å²) in [6, 6.07) is 0. The molecule has 6 rings (SSSR count). The molecular weight excluding hydrogens is 456 g/mol. The fraction of sp³-hybridized carbons (Fsp3) is 0.900. The lowest BCUT2D eigenvalue weighted by Crippen LogP contribution is -2.62. The maximum absolute atomic E-state index is 12.4. The summed E-state index contributed by atoms with van der Waals surface area (Å²) in [5.74, 6) is 1.57. The molecule has 12 atom stereocenters. The Bertz CT molecular complexity index is 905. The molecule has 3 N–H and O–H groups in total. The Labute approximate surface area is 215 Å². The van der Waals surface area contributed by atoms with Gasteiger partial charge >= 0.3 is 5.97 Å². The first-order valence-electron chi connectivity index (χ1n) is 14.7. The van der Waals surface area contributed by atoms with E-state index in [2.05, 4.69) is 13.8 Å². The van der Waals surface area contributed by atoms with E-state index in [0.29, 0.717) is 30.8 Å². The summed E-state index contributed by atoms with van der Waals surface area (Å²) >= 11 is 0. The summed E-state index contributed by atoms with van der Waals surface area (Å²) in [5.41, 5.74) is 0.493. The summed E-state index contributed by atoms with van der Waals surface area (Å²) in [6.45, 7) is 7.20. The molecule has 0 saturated heterocycles. The number of hydrogen-bond acceptors (Lipinski definition) is 6. The zero-order valence-electron chi connectivity index (χ0n) is 22.3. The van der Waals surface area contributed by atoms with E-state index in [1.165, 1.54) is 0 Å². The Morgan fingerprint density at radius 3 is 2.47 bits per heavy atom. The minimum absolute atomic E-state index is 0.0383. The number of aliphatic hydroxyl groups is 3. The van der Waals surface area contributed by atoms with E-state index < -0.39 is 17.8 Å². The quantitative estimate of drug-likeness (QED) is 0.502. The lowest BCUT2D eigenvalue weighted by Gasteiger charge is -2.64. The monoisotopic (exact) mass is 502 g/mol. The molecule has 202 valence electrons. The van der Waals surface area contributed by atoms with Crippen molar-refractivity contribution in [3.05, 3.63) is 11.6 Å². The van der Waals surface area contributed by atoms with Crippen molar-refractivity contribution in [2.24, 2.45) is 40.4 Å². The number of hydrogen-bond donors (Lipinski definition) is 3. The smallest absolute Gasteiger partial charge is 0.331 e. The number of cyclic esters (lactones) is 1. The maximum Gasteiger partial charge on any atom is 0.331 e. The minimum atomic E-state index is -0.680. The van der Waals surface area contributed by atoms with Gasteiger partial charge in [-0.3, -0.25) is 0 Å². The Kier molecular flexibility index (Phi) is 6.19. The van der Waals surface area contributed by atoms with E-state index in [0.717, 1.165) is 69.8 Å². The highest BCUT2D eigenvalue weighted by atomic mass is 16.5. The predicted molar refractivity (Wildman–Crippen MR) is 135 cm³/mol. The number of esters is 1. The largest absolute Gasteiger partial charge is 0.458 e. The fourth-order valence-corrected chi connectivity index (χ4v) is 10.3. The van der Waals surface area contributed by atoms with Crippen molar-refractivity contribution in [3.63, 3.8) is 0 Å². The van der Waals surface area contributed by atoms with Crippen LogP contribution in [0.4, 0.5) is 0 Å². The van der Waals surface area contributed by atoms with Crippen molar-refractivity contribution in [2.45, 2.75) is 121 Å². The highest BCUT2D eigenvalue weighted by Crippen LogP contribution is 2.70. The van der Waals surface area contributed by atoms with Crippen LogP contribution in [0.2, 0.25) is 0 Å². The third kappa shape index (κ3) is 3.68. The molecule has 0 aromatic heterocycles. The van der Waals surface area contributed by atoms with Crippen molar-refractivity contribution < 1.29 is 29.6 Å². The average molecular weight is 503 g/mol. The molecule has 0 aromatic carbocycles. The van der Waals surface area contributed by atoms with E-state index in [-0.39, 0.29) is 40.8 Å². The topological polar surface area (TPSA) is 96.2 Å². The van der Waals surface area contributed by atoms with Gasteiger partial charge in [-0.1, -0.05) is 20.8 Å². The zero-order chi connectivity index (χ0) is 25.5. The van der Waals surface area contributed by atoms with Gasteiger partial charge in [-0.2, -0.15) is 0 Å². The maximum atomic E-state index is 12.4. The molecule has 4 unspecified atom stereocenters. The molecule has 0 aromatic rings. The van der Waals surface area contributed by atoms with E-state index in [9.17, 15) is 20.1 Å². The molecule has 6 nitrogen and oxygen atoms in total. The SMILES string of the molecule is CC1CC(O[C@H]2CC[C@@]3(C)[C@H](CC[C@@H]4[C@@H]3CC[C@]3(C)[C@@H](C5=CC(=O)OC5)CC[C@]43O)C2)CC(O)C1O. The van der Waals surface area contributed by atoms with Gasteiger partial charge in [0.25, 0.3) is 0 Å². The number of aliphatic hydroxyl groups excluding tert-OH is 2. The first-order valence-corrected chi connectivity index (χ1v) is 14.7. The molecular formula is C30H46O6. The van der Waals surface area contributed by atoms with Gasteiger partial charge in [-0.05, 0) is 105 Å².